The molecule has 0 bridgehead atoms. The Morgan fingerprint density at radius 3 is 2.33 bits per heavy atom. The molecule has 2 heterocycles. The Bertz CT molecular complexity index is 839. The van der Waals surface area contributed by atoms with Crippen molar-refractivity contribution in [2.75, 3.05) is 39.3 Å². The van der Waals surface area contributed by atoms with Crippen LogP contribution >= 0.6 is 23.2 Å². The fourth-order valence-electron chi connectivity index (χ4n) is 3.29. The van der Waals surface area contributed by atoms with Crippen LogP contribution in [0.25, 0.3) is 0 Å². The average Bonchev–Trinajstić information content (AvgIpc) is 3.07. The fraction of sp³-hybridized carbons (Fsp3) is 0.529. The van der Waals surface area contributed by atoms with E-state index in [1.165, 1.54) is 22.5 Å². The van der Waals surface area contributed by atoms with Crippen LogP contribution in [0.5, 0.6) is 0 Å². The van der Waals surface area contributed by atoms with E-state index in [0.717, 1.165) is 6.42 Å². The van der Waals surface area contributed by atoms with Crippen LogP contribution in [0.4, 0.5) is 0 Å². The summed E-state index contributed by atoms with van der Waals surface area (Å²) in [6, 6.07) is 4.22. The van der Waals surface area contributed by atoms with Crippen LogP contribution in [-0.4, -0.2) is 73.6 Å². The standard InChI is InChI=1S/C17H21Cl2N3O4S/c18-14-4-3-13(12-15(14)19)27(25,26)22-10-8-21(9-11-22)17(24)5-7-20-6-1-2-16(20)23/h3-4,12H,1-2,5-11H2. The molecule has 1 aromatic carbocycles. The van der Waals surface area contributed by atoms with Crippen molar-refractivity contribution in [3.63, 3.8) is 0 Å². The molecule has 0 spiro atoms. The van der Waals surface area contributed by atoms with E-state index in [0.29, 0.717) is 37.6 Å². The quantitative estimate of drug-likeness (QED) is 0.709. The van der Waals surface area contributed by atoms with Gasteiger partial charge in [-0.15, -0.1) is 0 Å². The Kier molecular flexibility index (Phi) is 6.30. The Morgan fingerprint density at radius 2 is 1.74 bits per heavy atom. The van der Waals surface area contributed by atoms with Gasteiger partial charge in [0.2, 0.25) is 21.8 Å². The van der Waals surface area contributed by atoms with Crippen molar-refractivity contribution in [1.29, 1.82) is 0 Å². The Hall–Kier alpha value is -1.35. The number of sulfonamides is 1. The average molecular weight is 434 g/mol. The molecule has 0 atom stereocenters. The van der Waals surface area contributed by atoms with Crippen LogP contribution in [0.3, 0.4) is 0 Å². The lowest BCUT2D eigenvalue weighted by Crippen LogP contribution is -2.50. The van der Waals surface area contributed by atoms with Crippen LogP contribution in [0.2, 0.25) is 10.0 Å². The van der Waals surface area contributed by atoms with Crippen molar-refractivity contribution in [3.05, 3.63) is 28.2 Å². The van der Waals surface area contributed by atoms with E-state index < -0.39 is 10.0 Å². The fourth-order valence-corrected chi connectivity index (χ4v) is 5.11. The van der Waals surface area contributed by atoms with Gasteiger partial charge in [-0.3, -0.25) is 9.59 Å². The molecule has 27 heavy (non-hydrogen) atoms. The molecule has 2 saturated heterocycles. The predicted molar refractivity (Wildman–Crippen MR) is 102 cm³/mol. The molecular formula is C17H21Cl2N3O4S. The number of carbonyl (C=O) groups excluding carboxylic acids is 2. The van der Waals surface area contributed by atoms with E-state index in [1.807, 2.05) is 0 Å². The van der Waals surface area contributed by atoms with E-state index in [2.05, 4.69) is 0 Å². The number of rotatable bonds is 5. The highest BCUT2D eigenvalue weighted by atomic mass is 35.5. The molecule has 0 saturated carbocycles. The van der Waals surface area contributed by atoms with Crippen molar-refractivity contribution in [2.45, 2.75) is 24.2 Å². The molecule has 148 valence electrons. The smallest absolute Gasteiger partial charge is 0.243 e. The van der Waals surface area contributed by atoms with Crippen LogP contribution in [0, 0.1) is 0 Å². The Balaban J connectivity index is 1.55. The van der Waals surface area contributed by atoms with Gasteiger partial charge in [0.15, 0.2) is 0 Å². The molecule has 10 heteroatoms. The second-order valence-corrected chi connectivity index (χ2v) is 9.35. The molecule has 2 amide bonds. The molecule has 7 nitrogen and oxygen atoms in total. The SMILES string of the molecule is O=C1CCCN1CCC(=O)N1CCN(S(=O)(=O)c2ccc(Cl)c(Cl)c2)CC1. The summed E-state index contributed by atoms with van der Waals surface area (Å²) in [6.45, 7) is 2.23. The highest BCUT2D eigenvalue weighted by Crippen LogP contribution is 2.27. The van der Waals surface area contributed by atoms with E-state index in [-0.39, 0.29) is 41.2 Å². The molecule has 2 fully saturated rings. The first-order valence-corrected chi connectivity index (χ1v) is 11.0. The summed E-state index contributed by atoms with van der Waals surface area (Å²) in [7, 11) is -3.68. The van der Waals surface area contributed by atoms with Gasteiger partial charge in [-0.1, -0.05) is 23.2 Å². The lowest BCUT2D eigenvalue weighted by atomic mass is 10.3. The van der Waals surface area contributed by atoms with Gasteiger partial charge < -0.3 is 9.80 Å². The highest BCUT2D eigenvalue weighted by molar-refractivity contribution is 7.89. The van der Waals surface area contributed by atoms with E-state index in [1.54, 1.807) is 9.80 Å². The number of amides is 2. The first-order valence-electron chi connectivity index (χ1n) is 8.80. The van der Waals surface area contributed by atoms with E-state index in [9.17, 15) is 18.0 Å². The summed E-state index contributed by atoms with van der Waals surface area (Å²) >= 11 is 11.8. The third-order valence-corrected chi connectivity index (χ3v) is 7.52. The van der Waals surface area contributed by atoms with Gasteiger partial charge in [0.25, 0.3) is 0 Å². The second-order valence-electron chi connectivity index (χ2n) is 6.60. The summed E-state index contributed by atoms with van der Waals surface area (Å²) in [5.41, 5.74) is 0. The maximum absolute atomic E-state index is 12.7. The maximum atomic E-state index is 12.7. The number of carbonyl (C=O) groups is 2. The highest BCUT2D eigenvalue weighted by Gasteiger charge is 2.31. The van der Waals surface area contributed by atoms with Gasteiger partial charge in [0, 0.05) is 52.1 Å². The van der Waals surface area contributed by atoms with Crippen molar-refractivity contribution in [1.82, 2.24) is 14.1 Å². The minimum Gasteiger partial charge on any atom is -0.342 e. The van der Waals surface area contributed by atoms with Gasteiger partial charge in [-0.2, -0.15) is 4.31 Å². The summed E-state index contributed by atoms with van der Waals surface area (Å²) in [6.07, 6.45) is 1.67. The number of piperazine rings is 1. The predicted octanol–water partition coefficient (Wildman–Crippen LogP) is 1.84. The Morgan fingerprint density at radius 1 is 1.04 bits per heavy atom. The molecule has 0 unspecified atom stereocenters. The number of likely N-dealkylation sites (tertiary alicyclic amines) is 1. The molecule has 2 aliphatic rings. The van der Waals surface area contributed by atoms with Crippen LogP contribution in [-0.2, 0) is 19.6 Å². The molecule has 0 N–H and O–H groups in total. The normalized spacial score (nSPS) is 19.0. The zero-order valence-corrected chi connectivity index (χ0v) is 17.1. The summed E-state index contributed by atoms with van der Waals surface area (Å²) in [5, 5.41) is 0.477. The largest absolute Gasteiger partial charge is 0.342 e. The number of benzene rings is 1. The number of hydrogen-bond donors (Lipinski definition) is 0. The van der Waals surface area contributed by atoms with Crippen molar-refractivity contribution in [2.24, 2.45) is 0 Å². The summed E-state index contributed by atoms with van der Waals surface area (Å²) in [4.78, 5) is 27.4. The monoisotopic (exact) mass is 433 g/mol. The Labute approximate surface area is 168 Å². The number of nitrogens with zero attached hydrogens (tertiary/aromatic N) is 3. The van der Waals surface area contributed by atoms with Gasteiger partial charge in [0.1, 0.15) is 0 Å². The van der Waals surface area contributed by atoms with Crippen molar-refractivity contribution < 1.29 is 18.0 Å². The zero-order chi connectivity index (χ0) is 19.6. The molecule has 1 aromatic rings. The first-order chi connectivity index (χ1) is 12.8. The van der Waals surface area contributed by atoms with Crippen molar-refractivity contribution >= 4 is 45.0 Å². The second kappa shape index (κ2) is 8.34. The van der Waals surface area contributed by atoms with E-state index in [4.69, 9.17) is 23.2 Å². The zero-order valence-electron chi connectivity index (χ0n) is 14.7. The van der Waals surface area contributed by atoms with Gasteiger partial charge >= 0.3 is 0 Å². The number of halogens is 2. The molecular weight excluding hydrogens is 413 g/mol. The van der Waals surface area contributed by atoms with E-state index >= 15 is 0 Å². The third-order valence-electron chi connectivity index (χ3n) is 4.89. The molecule has 3 rings (SSSR count). The lowest BCUT2D eigenvalue weighted by Gasteiger charge is -2.34. The minimum absolute atomic E-state index is 0.0544. The lowest BCUT2D eigenvalue weighted by molar-refractivity contribution is -0.133. The topological polar surface area (TPSA) is 78.0 Å². The number of hydrogen-bond acceptors (Lipinski definition) is 4. The summed E-state index contributed by atoms with van der Waals surface area (Å²) < 4.78 is 26.8. The minimum atomic E-state index is -3.68. The van der Waals surface area contributed by atoms with Crippen LogP contribution < -0.4 is 0 Å². The summed E-state index contributed by atoms with van der Waals surface area (Å²) in [5.74, 6) is 0.0432. The molecule has 0 aliphatic carbocycles. The van der Waals surface area contributed by atoms with Gasteiger partial charge in [-0.05, 0) is 24.6 Å². The van der Waals surface area contributed by atoms with Crippen molar-refractivity contribution in [3.8, 4) is 0 Å². The third kappa shape index (κ3) is 4.56. The van der Waals surface area contributed by atoms with Gasteiger partial charge in [-0.25, -0.2) is 8.42 Å². The first kappa shape index (κ1) is 20.4. The van der Waals surface area contributed by atoms with Gasteiger partial charge in [0.05, 0.1) is 14.9 Å². The molecule has 2 aliphatic heterocycles. The van der Waals surface area contributed by atoms with Crippen LogP contribution in [0.15, 0.2) is 23.1 Å². The molecule has 0 aromatic heterocycles. The molecule has 0 radical (unpaired) electrons. The maximum Gasteiger partial charge on any atom is 0.243 e. The van der Waals surface area contributed by atoms with Crippen LogP contribution in [0.1, 0.15) is 19.3 Å².